The number of furan rings is 1. The summed E-state index contributed by atoms with van der Waals surface area (Å²) < 4.78 is 10.6. The van der Waals surface area contributed by atoms with Gasteiger partial charge in [0.05, 0.1) is 19.4 Å². The number of likely N-dealkylation sites (N-methyl/N-ethyl adjacent to an activating group) is 1. The average Bonchev–Trinajstić information content (AvgIpc) is 2.88. The number of quaternary nitrogens is 1. The van der Waals surface area contributed by atoms with Crippen LogP contribution in [-0.2, 0) is 16.1 Å². The first-order valence-electron chi connectivity index (χ1n) is 7.73. The van der Waals surface area contributed by atoms with E-state index in [9.17, 15) is 9.90 Å². The number of hydrogen-bond acceptors (Lipinski definition) is 4. The molecule has 1 amide bonds. The second kappa shape index (κ2) is 8.92. The van der Waals surface area contributed by atoms with Gasteiger partial charge in [0.2, 0.25) is 0 Å². The zero-order valence-electron chi connectivity index (χ0n) is 14.0. The van der Waals surface area contributed by atoms with E-state index in [1.54, 1.807) is 12.3 Å². The number of nitrogens with one attached hydrogen (secondary N) is 2. The third-order valence-electron chi connectivity index (χ3n) is 3.08. The molecule has 6 nitrogen and oxygen atoms in total. The van der Waals surface area contributed by atoms with Crippen molar-refractivity contribution in [3.63, 3.8) is 0 Å². The van der Waals surface area contributed by atoms with Crippen LogP contribution in [0.1, 0.15) is 33.5 Å². The van der Waals surface area contributed by atoms with Gasteiger partial charge < -0.3 is 24.5 Å². The lowest BCUT2D eigenvalue weighted by molar-refractivity contribution is -0.893. The maximum atomic E-state index is 11.9. The van der Waals surface area contributed by atoms with Crippen LogP contribution in [0.5, 0.6) is 0 Å². The number of aliphatic hydroxyl groups is 1. The fourth-order valence-corrected chi connectivity index (χ4v) is 2.11. The summed E-state index contributed by atoms with van der Waals surface area (Å²) in [6.07, 6.45) is 0.985. The predicted molar refractivity (Wildman–Crippen MR) is 83.5 cm³/mol. The third-order valence-corrected chi connectivity index (χ3v) is 3.08. The lowest BCUT2D eigenvalue weighted by Gasteiger charge is -2.24. The van der Waals surface area contributed by atoms with Gasteiger partial charge in [0.1, 0.15) is 25.0 Å². The Hall–Kier alpha value is -1.37. The fraction of sp³-hybridized carbons (Fsp3) is 0.688. The van der Waals surface area contributed by atoms with Gasteiger partial charge in [0.15, 0.2) is 6.54 Å². The first-order chi connectivity index (χ1) is 10.3. The molecule has 6 heteroatoms. The highest BCUT2D eigenvalue weighted by Gasteiger charge is 2.20. The van der Waals surface area contributed by atoms with E-state index in [4.69, 9.17) is 9.15 Å². The molecule has 0 aliphatic carbocycles. The largest absolute Gasteiger partial charge is 0.467 e. The number of hydrogen-bond donors (Lipinski definition) is 3. The molecular formula is C16H29N2O4+. The maximum Gasteiger partial charge on any atom is 0.275 e. The molecule has 0 saturated heterocycles. The van der Waals surface area contributed by atoms with Crippen molar-refractivity contribution >= 4 is 5.91 Å². The molecule has 0 bridgehead atoms. The molecule has 3 N–H and O–H groups in total. The first-order valence-corrected chi connectivity index (χ1v) is 7.73. The van der Waals surface area contributed by atoms with Crippen molar-refractivity contribution in [3.05, 3.63) is 24.2 Å². The zero-order valence-corrected chi connectivity index (χ0v) is 14.0. The van der Waals surface area contributed by atoms with Gasteiger partial charge in [-0.15, -0.1) is 0 Å². The number of ether oxygens (including phenoxy) is 1. The van der Waals surface area contributed by atoms with Crippen LogP contribution in [-0.4, -0.2) is 48.9 Å². The Morgan fingerprint density at radius 3 is 2.77 bits per heavy atom. The number of carbonyl (C=O) groups is 1. The molecule has 0 aromatic carbocycles. The van der Waals surface area contributed by atoms with Gasteiger partial charge in [0, 0.05) is 5.54 Å². The van der Waals surface area contributed by atoms with Crippen molar-refractivity contribution in [1.29, 1.82) is 0 Å². The normalized spacial score (nSPS) is 14.6. The second-order valence-electron chi connectivity index (χ2n) is 6.53. The van der Waals surface area contributed by atoms with E-state index in [1.165, 1.54) is 0 Å². The van der Waals surface area contributed by atoms with Crippen LogP contribution < -0.4 is 10.2 Å². The highest BCUT2D eigenvalue weighted by Crippen LogP contribution is 2.01. The standard InChI is InChI=1S/C16H28N2O4/c1-5-18(10-15(20)17-16(2,3)4)9-13(19)11-21-12-14-7-6-8-22-14/h6-8,13,19H,5,9-12H2,1-4H3,(H,17,20)/p+1/t13-/m0/s1. The lowest BCUT2D eigenvalue weighted by atomic mass is 10.1. The van der Waals surface area contributed by atoms with E-state index in [2.05, 4.69) is 5.32 Å². The zero-order chi connectivity index (χ0) is 16.6. The van der Waals surface area contributed by atoms with Crippen molar-refractivity contribution in [1.82, 2.24) is 5.32 Å². The molecular weight excluding hydrogens is 284 g/mol. The molecule has 22 heavy (non-hydrogen) atoms. The van der Waals surface area contributed by atoms with Gasteiger partial charge in [-0.2, -0.15) is 0 Å². The maximum absolute atomic E-state index is 11.9. The van der Waals surface area contributed by atoms with E-state index < -0.39 is 6.10 Å². The third kappa shape index (κ3) is 8.17. The summed E-state index contributed by atoms with van der Waals surface area (Å²) in [6.45, 7) is 10.0. The Kier molecular flexibility index (Phi) is 7.58. The molecule has 1 aromatic rings. The molecule has 1 aromatic heterocycles. The molecule has 126 valence electrons. The van der Waals surface area contributed by atoms with Crippen LogP contribution in [0.15, 0.2) is 22.8 Å². The van der Waals surface area contributed by atoms with Gasteiger partial charge in [-0.05, 0) is 39.8 Å². The summed E-state index contributed by atoms with van der Waals surface area (Å²) in [7, 11) is 0. The van der Waals surface area contributed by atoms with E-state index in [0.717, 1.165) is 17.2 Å². The van der Waals surface area contributed by atoms with Crippen molar-refractivity contribution in [2.75, 3.05) is 26.2 Å². The minimum Gasteiger partial charge on any atom is -0.467 e. The quantitative estimate of drug-likeness (QED) is 0.599. The fourth-order valence-electron chi connectivity index (χ4n) is 2.11. The molecule has 0 spiro atoms. The monoisotopic (exact) mass is 313 g/mol. The number of rotatable bonds is 9. The van der Waals surface area contributed by atoms with Crippen molar-refractivity contribution in [3.8, 4) is 0 Å². The van der Waals surface area contributed by atoms with Crippen LogP contribution in [0.2, 0.25) is 0 Å². The Morgan fingerprint density at radius 1 is 1.50 bits per heavy atom. The van der Waals surface area contributed by atoms with E-state index in [1.807, 2.05) is 33.8 Å². The molecule has 0 aliphatic rings. The Morgan fingerprint density at radius 2 is 2.23 bits per heavy atom. The first kappa shape index (κ1) is 18.7. The number of aliphatic hydroxyl groups excluding tert-OH is 1. The van der Waals surface area contributed by atoms with Crippen molar-refractivity contribution < 1.29 is 24.0 Å². The molecule has 0 fully saturated rings. The Balaban J connectivity index is 2.27. The van der Waals surface area contributed by atoms with E-state index in [-0.39, 0.29) is 18.1 Å². The van der Waals surface area contributed by atoms with Crippen LogP contribution >= 0.6 is 0 Å². The Labute approximate surface area is 132 Å². The van der Waals surface area contributed by atoms with E-state index in [0.29, 0.717) is 19.7 Å². The highest BCUT2D eigenvalue weighted by molar-refractivity contribution is 5.77. The summed E-state index contributed by atoms with van der Waals surface area (Å²) in [5.41, 5.74) is -0.235. The minimum atomic E-state index is -0.604. The Bertz CT molecular complexity index is 426. The SMILES string of the molecule is CC[NH+](CC(=O)NC(C)(C)C)C[C@H](O)COCc1ccco1. The molecule has 1 heterocycles. The van der Waals surface area contributed by atoms with Gasteiger partial charge in [0.25, 0.3) is 5.91 Å². The summed E-state index contributed by atoms with van der Waals surface area (Å²) in [6, 6.07) is 3.62. The predicted octanol–water partition coefficient (Wildman–Crippen LogP) is -0.0234. The molecule has 2 atom stereocenters. The number of carbonyl (C=O) groups excluding carboxylic acids is 1. The summed E-state index contributed by atoms with van der Waals surface area (Å²) in [4.78, 5) is 12.9. The smallest absolute Gasteiger partial charge is 0.275 e. The summed E-state index contributed by atoms with van der Waals surface area (Å²) >= 11 is 0. The second-order valence-corrected chi connectivity index (χ2v) is 6.53. The van der Waals surface area contributed by atoms with Crippen LogP contribution in [0.25, 0.3) is 0 Å². The molecule has 0 aliphatic heterocycles. The van der Waals surface area contributed by atoms with Gasteiger partial charge >= 0.3 is 0 Å². The average molecular weight is 313 g/mol. The van der Waals surface area contributed by atoms with Crippen molar-refractivity contribution in [2.45, 2.75) is 45.9 Å². The minimum absolute atomic E-state index is 0.00643. The summed E-state index contributed by atoms with van der Waals surface area (Å²) in [5.74, 6) is 0.726. The molecule has 0 saturated carbocycles. The summed E-state index contributed by atoms with van der Waals surface area (Å²) in [5, 5.41) is 13.0. The molecule has 0 radical (unpaired) electrons. The van der Waals surface area contributed by atoms with E-state index >= 15 is 0 Å². The van der Waals surface area contributed by atoms with Gasteiger partial charge in [-0.1, -0.05) is 0 Å². The van der Waals surface area contributed by atoms with Gasteiger partial charge in [-0.3, -0.25) is 4.79 Å². The highest BCUT2D eigenvalue weighted by atomic mass is 16.5. The van der Waals surface area contributed by atoms with Crippen LogP contribution in [0.3, 0.4) is 0 Å². The molecule has 1 rings (SSSR count). The number of amides is 1. The van der Waals surface area contributed by atoms with Crippen LogP contribution in [0.4, 0.5) is 0 Å². The van der Waals surface area contributed by atoms with Crippen molar-refractivity contribution in [2.24, 2.45) is 0 Å². The van der Waals surface area contributed by atoms with Gasteiger partial charge in [-0.25, -0.2) is 0 Å². The lowest BCUT2D eigenvalue weighted by Crippen LogP contribution is -3.14. The van der Waals surface area contributed by atoms with Crippen LogP contribution in [0, 0.1) is 0 Å². The molecule has 1 unspecified atom stereocenters. The topological polar surface area (TPSA) is 76.1 Å².